The van der Waals surface area contributed by atoms with Crippen molar-refractivity contribution in [2.24, 2.45) is 5.16 Å². The maximum absolute atomic E-state index is 9.20. The van der Waals surface area contributed by atoms with E-state index >= 15 is 0 Å². The Morgan fingerprint density at radius 3 is 2.74 bits per heavy atom. The summed E-state index contributed by atoms with van der Waals surface area (Å²) >= 11 is 5.84. The summed E-state index contributed by atoms with van der Waals surface area (Å²) in [4.78, 5) is 4.17. The van der Waals surface area contributed by atoms with Gasteiger partial charge in [-0.1, -0.05) is 35.0 Å². The first-order valence-electron chi connectivity index (χ1n) is 5.70. The molecular formula is C14H13ClN2O2. The fraction of sp³-hybridized carbons (Fsp3) is 0.143. The predicted molar refractivity (Wildman–Crippen MR) is 74.3 cm³/mol. The Labute approximate surface area is 116 Å². The highest BCUT2D eigenvalue weighted by Crippen LogP contribution is 2.20. The Bertz CT molecular complexity index is 600. The summed E-state index contributed by atoms with van der Waals surface area (Å²) in [6.45, 7) is 0. The van der Waals surface area contributed by atoms with Crippen LogP contribution in [0, 0.1) is 0 Å². The first-order chi connectivity index (χ1) is 9.24. The van der Waals surface area contributed by atoms with Gasteiger partial charge >= 0.3 is 0 Å². The number of oxime groups is 1. The van der Waals surface area contributed by atoms with E-state index < -0.39 is 0 Å². The van der Waals surface area contributed by atoms with E-state index in [1.807, 2.05) is 36.4 Å². The van der Waals surface area contributed by atoms with Crippen molar-refractivity contribution >= 4 is 17.3 Å². The number of rotatable bonds is 4. The van der Waals surface area contributed by atoms with E-state index in [1.54, 1.807) is 13.2 Å². The van der Waals surface area contributed by atoms with Crippen molar-refractivity contribution in [3.63, 3.8) is 0 Å². The fourth-order valence-electron chi connectivity index (χ4n) is 1.79. The van der Waals surface area contributed by atoms with Gasteiger partial charge in [0.05, 0.1) is 12.8 Å². The number of hydrogen-bond acceptors (Lipinski definition) is 4. The Morgan fingerprint density at radius 1 is 1.26 bits per heavy atom. The molecular weight excluding hydrogens is 264 g/mol. The minimum atomic E-state index is 0.372. The molecule has 0 spiro atoms. The van der Waals surface area contributed by atoms with Gasteiger partial charge in [-0.05, 0) is 24.3 Å². The summed E-state index contributed by atoms with van der Waals surface area (Å²) < 4.78 is 5.25. The molecule has 0 saturated carbocycles. The highest BCUT2D eigenvalue weighted by atomic mass is 35.5. The van der Waals surface area contributed by atoms with Crippen LogP contribution in [0.1, 0.15) is 11.3 Å². The topological polar surface area (TPSA) is 54.7 Å². The number of methoxy groups -OCH3 is 1. The van der Waals surface area contributed by atoms with Crippen LogP contribution < -0.4 is 4.74 Å². The van der Waals surface area contributed by atoms with E-state index in [0.717, 1.165) is 11.3 Å². The van der Waals surface area contributed by atoms with Crippen molar-refractivity contribution < 1.29 is 9.94 Å². The molecule has 5 heteroatoms. The zero-order chi connectivity index (χ0) is 13.7. The molecule has 0 aliphatic heterocycles. The lowest BCUT2D eigenvalue weighted by atomic mass is 10.0. The largest absolute Gasteiger partial charge is 0.496 e. The highest BCUT2D eigenvalue weighted by molar-refractivity contribution is 6.29. The molecule has 0 amide bonds. The summed E-state index contributed by atoms with van der Waals surface area (Å²) in [5.41, 5.74) is 1.94. The molecule has 2 aromatic rings. The van der Waals surface area contributed by atoms with E-state index in [2.05, 4.69) is 10.1 Å². The third kappa shape index (κ3) is 3.23. The maximum Gasteiger partial charge on any atom is 0.129 e. The van der Waals surface area contributed by atoms with Crippen molar-refractivity contribution in [1.29, 1.82) is 0 Å². The van der Waals surface area contributed by atoms with Crippen molar-refractivity contribution in [3.05, 3.63) is 58.9 Å². The second-order valence-corrected chi connectivity index (χ2v) is 4.26. The minimum absolute atomic E-state index is 0.372. The van der Waals surface area contributed by atoms with Crippen molar-refractivity contribution in [3.8, 4) is 5.75 Å². The molecule has 0 bridgehead atoms. The van der Waals surface area contributed by atoms with Gasteiger partial charge in [-0.2, -0.15) is 0 Å². The number of pyridine rings is 1. The van der Waals surface area contributed by atoms with Gasteiger partial charge in [-0.25, -0.2) is 4.98 Å². The van der Waals surface area contributed by atoms with Gasteiger partial charge in [0, 0.05) is 17.7 Å². The quantitative estimate of drug-likeness (QED) is 0.404. The Morgan fingerprint density at radius 2 is 2.05 bits per heavy atom. The molecule has 19 heavy (non-hydrogen) atoms. The molecule has 2 rings (SSSR count). The molecule has 98 valence electrons. The molecule has 0 aliphatic rings. The van der Waals surface area contributed by atoms with E-state index in [4.69, 9.17) is 16.3 Å². The molecule has 4 nitrogen and oxygen atoms in total. The molecule has 0 atom stereocenters. The second-order valence-electron chi connectivity index (χ2n) is 3.88. The average molecular weight is 277 g/mol. The van der Waals surface area contributed by atoms with Gasteiger partial charge in [0.15, 0.2) is 0 Å². The normalized spacial score (nSPS) is 11.4. The molecule has 0 radical (unpaired) electrons. The maximum atomic E-state index is 9.20. The zero-order valence-corrected chi connectivity index (χ0v) is 11.1. The number of para-hydroxylation sites is 1. The van der Waals surface area contributed by atoms with E-state index in [-0.39, 0.29) is 0 Å². The van der Waals surface area contributed by atoms with Crippen LogP contribution in [0.5, 0.6) is 5.75 Å². The Kier molecular flexibility index (Phi) is 4.36. The van der Waals surface area contributed by atoms with Crippen LogP contribution in [0.15, 0.2) is 47.6 Å². The summed E-state index contributed by atoms with van der Waals surface area (Å²) in [6, 6.07) is 12.7. The SMILES string of the molecule is COc1ccccc1/C(Cc1cccc(Cl)n1)=N/O. The van der Waals surface area contributed by atoms with Crippen LogP contribution in [0.3, 0.4) is 0 Å². The molecule has 1 aromatic carbocycles. The molecule has 0 saturated heterocycles. The van der Waals surface area contributed by atoms with Crippen LogP contribution in [0.4, 0.5) is 0 Å². The molecule has 1 heterocycles. The number of hydrogen-bond donors (Lipinski definition) is 1. The fourth-order valence-corrected chi connectivity index (χ4v) is 1.97. The highest BCUT2D eigenvalue weighted by Gasteiger charge is 2.12. The van der Waals surface area contributed by atoms with Crippen LogP contribution in [-0.4, -0.2) is 23.0 Å². The predicted octanol–water partition coefficient (Wildman–Crippen LogP) is 3.16. The summed E-state index contributed by atoms with van der Waals surface area (Å²) in [6.07, 6.45) is 0.372. The molecule has 0 unspecified atom stereocenters. The lowest BCUT2D eigenvalue weighted by Crippen LogP contribution is -2.08. The van der Waals surface area contributed by atoms with Gasteiger partial charge in [0.1, 0.15) is 10.9 Å². The number of aromatic nitrogens is 1. The summed E-state index contributed by atoms with van der Waals surface area (Å²) in [5, 5.41) is 13.0. The van der Waals surface area contributed by atoms with Crippen LogP contribution in [0.25, 0.3) is 0 Å². The minimum Gasteiger partial charge on any atom is -0.496 e. The number of halogens is 1. The molecule has 1 aromatic heterocycles. The Balaban J connectivity index is 2.31. The standard InChI is InChI=1S/C14H13ClN2O2/c1-19-13-7-3-2-6-11(13)12(17-18)9-10-5-4-8-14(15)16-10/h2-8,18H,9H2,1H3/b17-12+. The summed E-state index contributed by atoms with van der Waals surface area (Å²) in [7, 11) is 1.57. The van der Waals surface area contributed by atoms with E-state index in [1.165, 1.54) is 0 Å². The van der Waals surface area contributed by atoms with Crippen LogP contribution in [-0.2, 0) is 6.42 Å². The Hall–Kier alpha value is -2.07. The van der Waals surface area contributed by atoms with Gasteiger partial charge in [-0.15, -0.1) is 0 Å². The lowest BCUT2D eigenvalue weighted by molar-refractivity contribution is 0.318. The average Bonchev–Trinajstić information content (AvgIpc) is 2.45. The lowest BCUT2D eigenvalue weighted by Gasteiger charge is -2.09. The van der Waals surface area contributed by atoms with Crippen molar-refractivity contribution in [2.45, 2.75) is 6.42 Å². The monoisotopic (exact) mass is 276 g/mol. The van der Waals surface area contributed by atoms with Crippen molar-refractivity contribution in [1.82, 2.24) is 4.98 Å². The van der Waals surface area contributed by atoms with Crippen LogP contribution in [0.2, 0.25) is 5.15 Å². The third-order valence-corrected chi connectivity index (χ3v) is 2.87. The first kappa shape index (κ1) is 13.4. The van der Waals surface area contributed by atoms with E-state index in [9.17, 15) is 5.21 Å². The number of nitrogens with zero attached hydrogens (tertiary/aromatic N) is 2. The van der Waals surface area contributed by atoms with Crippen molar-refractivity contribution in [2.75, 3.05) is 7.11 Å². The number of ether oxygens (including phenoxy) is 1. The second kappa shape index (κ2) is 6.20. The van der Waals surface area contributed by atoms with Gasteiger partial charge in [0.2, 0.25) is 0 Å². The van der Waals surface area contributed by atoms with Gasteiger partial charge in [0.25, 0.3) is 0 Å². The smallest absolute Gasteiger partial charge is 0.129 e. The molecule has 0 aliphatic carbocycles. The van der Waals surface area contributed by atoms with E-state index in [0.29, 0.717) is 23.0 Å². The third-order valence-electron chi connectivity index (χ3n) is 2.66. The first-order valence-corrected chi connectivity index (χ1v) is 6.08. The number of benzene rings is 1. The van der Waals surface area contributed by atoms with Crippen LogP contribution >= 0.6 is 11.6 Å². The zero-order valence-electron chi connectivity index (χ0n) is 10.4. The molecule has 0 fully saturated rings. The molecule has 1 N–H and O–H groups in total. The summed E-state index contributed by atoms with van der Waals surface area (Å²) in [5.74, 6) is 0.650. The van der Waals surface area contributed by atoms with Gasteiger partial charge < -0.3 is 9.94 Å². The van der Waals surface area contributed by atoms with Gasteiger partial charge in [-0.3, -0.25) is 0 Å².